The zero-order valence-corrected chi connectivity index (χ0v) is 10.9. The molecule has 0 aliphatic rings. The highest BCUT2D eigenvalue weighted by Crippen LogP contribution is 2.28. The molecule has 4 heteroatoms. The predicted octanol–water partition coefficient (Wildman–Crippen LogP) is 3.32. The zero-order valence-electron chi connectivity index (χ0n) is 10.9. The largest absolute Gasteiger partial charge is 0.478 e. The van der Waals surface area contributed by atoms with Crippen LogP contribution in [0.25, 0.3) is 21.5 Å². The fraction of sp³-hybridized carbons (Fsp3) is 0. The standard InChI is InChI=1S/C17H10O4/c18-8-15-13-6-11-4-2-1-3-10(11)5-12(13)7-14(17(20)21)16(15)9-19/h1-9H,(H,20,21). The molecule has 3 rings (SSSR count). The first kappa shape index (κ1) is 13.0. The van der Waals surface area contributed by atoms with E-state index in [1.807, 2.05) is 30.3 Å². The summed E-state index contributed by atoms with van der Waals surface area (Å²) in [5.74, 6) is -1.23. The van der Waals surface area contributed by atoms with Crippen LogP contribution in [0.3, 0.4) is 0 Å². The molecule has 1 N–H and O–H groups in total. The topological polar surface area (TPSA) is 71.4 Å². The average molecular weight is 278 g/mol. The Bertz CT molecular complexity index is 909. The maximum Gasteiger partial charge on any atom is 0.336 e. The number of rotatable bonds is 3. The van der Waals surface area contributed by atoms with Crippen LogP contribution < -0.4 is 0 Å². The summed E-state index contributed by atoms with van der Waals surface area (Å²) in [6.45, 7) is 0. The number of hydrogen-bond acceptors (Lipinski definition) is 3. The van der Waals surface area contributed by atoms with E-state index < -0.39 is 5.97 Å². The molecule has 4 nitrogen and oxygen atoms in total. The van der Waals surface area contributed by atoms with Gasteiger partial charge < -0.3 is 5.11 Å². The second-order valence-electron chi connectivity index (χ2n) is 4.71. The molecule has 0 heterocycles. The van der Waals surface area contributed by atoms with Crippen molar-refractivity contribution < 1.29 is 19.5 Å². The molecule has 0 aliphatic heterocycles. The van der Waals surface area contributed by atoms with Crippen molar-refractivity contribution in [3.63, 3.8) is 0 Å². The predicted molar refractivity (Wildman–Crippen MR) is 79.2 cm³/mol. The van der Waals surface area contributed by atoms with Crippen LogP contribution in [0.5, 0.6) is 0 Å². The van der Waals surface area contributed by atoms with Crippen LogP contribution in [0.4, 0.5) is 0 Å². The highest BCUT2D eigenvalue weighted by molar-refractivity contribution is 6.14. The van der Waals surface area contributed by atoms with Crippen molar-refractivity contribution in [1.82, 2.24) is 0 Å². The summed E-state index contributed by atoms with van der Waals surface area (Å²) in [4.78, 5) is 33.8. The molecule has 0 fully saturated rings. The van der Waals surface area contributed by atoms with Crippen molar-refractivity contribution in [2.45, 2.75) is 0 Å². The Morgan fingerprint density at radius 2 is 1.48 bits per heavy atom. The van der Waals surface area contributed by atoms with E-state index in [0.717, 1.165) is 10.8 Å². The van der Waals surface area contributed by atoms with E-state index in [0.29, 0.717) is 23.3 Å². The molecule has 0 atom stereocenters. The Labute approximate surface area is 119 Å². The minimum atomic E-state index is -1.23. The summed E-state index contributed by atoms with van der Waals surface area (Å²) < 4.78 is 0. The first-order valence-corrected chi connectivity index (χ1v) is 6.29. The van der Waals surface area contributed by atoms with Gasteiger partial charge in [0.25, 0.3) is 0 Å². The number of carboxylic acids is 1. The van der Waals surface area contributed by atoms with Gasteiger partial charge in [0.1, 0.15) is 0 Å². The molecule has 0 aliphatic carbocycles. The van der Waals surface area contributed by atoms with Crippen LogP contribution >= 0.6 is 0 Å². The molecule has 0 saturated heterocycles. The third-order valence-electron chi connectivity index (χ3n) is 3.55. The van der Waals surface area contributed by atoms with Crippen LogP contribution in [0, 0.1) is 0 Å². The molecule has 0 radical (unpaired) electrons. The maximum atomic E-state index is 11.4. The van der Waals surface area contributed by atoms with Crippen LogP contribution in [-0.2, 0) is 0 Å². The van der Waals surface area contributed by atoms with Crippen LogP contribution in [-0.4, -0.2) is 23.6 Å². The highest BCUT2D eigenvalue weighted by atomic mass is 16.4. The number of aromatic carboxylic acids is 1. The number of benzene rings is 3. The van der Waals surface area contributed by atoms with E-state index in [9.17, 15) is 19.5 Å². The van der Waals surface area contributed by atoms with Gasteiger partial charge in [-0.25, -0.2) is 4.79 Å². The van der Waals surface area contributed by atoms with E-state index in [1.54, 1.807) is 6.07 Å². The summed E-state index contributed by atoms with van der Waals surface area (Å²) in [6.07, 6.45) is 0.953. The van der Waals surface area contributed by atoms with E-state index in [-0.39, 0.29) is 16.7 Å². The van der Waals surface area contributed by atoms with Gasteiger partial charge in [-0.3, -0.25) is 9.59 Å². The summed E-state index contributed by atoms with van der Waals surface area (Å²) in [6, 6.07) is 12.6. The number of fused-ring (bicyclic) bond motifs is 2. The smallest absolute Gasteiger partial charge is 0.336 e. The Kier molecular flexibility index (Phi) is 2.99. The van der Waals surface area contributed by atoms with Gasteiger partial charge in [0.2, 0.25) is 0 Å². The zero-order chi connectivity index (χ0) is 15.0. The fourth-order valence-corrected chi connectivity index (χ4v) is 2.56. The maximum absolute atomic E-state index is 11.4. The Hall–Kier alpha value is -3.01. The first-order chi connectivity index (χ1) is 10.2. The van der Waals surface area contributed by atoms with Crippen LogP contribution in [0.15, 0.2) is 42.5 Å². The molecule has 0 aromatic heterocycles. The molecule has 0 amide bonds. The van der Waals surface area contributed by atoms with Crippen molar-refractivity contribution >= 4 is 40.1 Å². The van der Waals surface area contributed by atoms with Crippen molar-refractivity contribution in [3.05, 3.63) is 59.2 Å². The monoisotopic (exact) mass is 278 g/mol. The average Bonchev–Trinajstić information content (AvgIpc) is 2.50. The van der Waals surface area contributed by atoms with Gasteiger partial charge in [0, 0.05) is 11.1 Å². The summed E-state index contributed by atoms with van der Waals surface area (Å²) >= 11 is 0. The van der Waals surface area contributed by atoms with E-state index >= 15 is 0 Å². The second kappa shape index (κ2) is 4.83. The molecule has 0 spiro atoms. The normalized spacial score (nSPS) is 10.7. The minimum Gasteiger partial charge on any atom is -0.478 e. The second-order valence-corrected chi connectivity index (χ2v) is 4.71. The molecule has 3 aromatic carbocycles. The molecule has 0 bridgehead atoms. The molecule has 21 heavy (non-hydrogen) atoms. The lowest BCUT2D eigenvalue weighted by Gasteiger charge is -2.09. The molecule has 3 aromatic rings. The van der Waals surface area contributed by atoms with E-state index in [1.165, 1.54) is 6.07 Å². The molecular weight excluding hydrogens is 268 g/mol. The quantitative estimate of drug-likeness (QED) is 0.589. The van der Waals surface area contributed by atoms with Gasteiger partial charge >= 0.3 is 5.97 Å². The lowest BCUT2D eigenvalue weighted by Crippen LogP contribution is -2.06. The van der Waals surface area contributed by atoms with Crippen molar-refractivity contribution in [2.24, 2.45) is 0 Å². The van der Waals surface area contributed by atoms with E-state index in [4.69, 9.17) is 0 Å². The van der Waals surface area contributed by atoms with Crippen LogP contribution in [0.2, 0.25) is 0 Å². The van der Waals surface area contributed by atoms with Gasteiger partial charge in [-0.05, 0) is 39.7 Å². The van der Waals surface area contributed by atoms with Crippen molar-refractivity contribution in [1.29, 1.82) is 0 Å². The molecule has 0 unspecified atom stereocenters. The van der Waals surface area contributed by atoms with Crippen LogP contribution in [0.1, 0.15) is 31.1 Å². The summed E-state index contributed by atoms with van der Waals surface area (Å²) in [7, 11) is 0. The lowest BCUT2D eigenvalue weighted by molar-refractivity contribution is 0.0694. The number of aldehydes is 2. The Morgan fingerprint density at radius 3 is 2.05 bits per heavy atom. The van der Waals surface area contributed by atoms with Gasteiger partial charge in [0.05, 0.1) is 5.56 Å². The van der Waals surface area contributed by atoms with Gasteiger partial charge in [0.15, 0.2) is 12.6 Å². The number of carbonyl (C=O) groups is 3. The molecular formula is C17H10O4. The lowest BCUT2D eigenvalue weighted by atomic mass is 9.93. The van der Waals surface area contributed by atoms with Gasteiger partial charge in [-0.1, -0.05) is 24.3 Å². The number of carboxylic acid groups (broad SMARTS) is 1. The molecule has 0 saturated carbocycles. The first-order valence-electron chi connectivity index (χ1n) is 6.29. The number of hydrogen-bond donors (Lipinski definition) is 1. The molecule has 102 valence electrons. The third-order valence-corrected chi connectivity index (χ3v) is 3.55. The van der Waals surface area contributed by atoms with Gasteiger partial charge in [-0.2, -0.15) is 0 Å². The van der Waals surface area contributed by atoms with Crippen molar-refractivity contribution in [2.75, 3.05) is 0 Å². The SMILES string of the molecule is O=Cc1c(C(=O)O)cc2cc3ccccc3cc2c1C=O. The van der Waals surface area contributed by atoms with Crippen molar-refractivity contribution in [3.8, 4) is 0 Å². The van der Waals surface area contributed by atoms with E-state index in [2.05, 4.69) is 0 Å². The highest BCUT2D eigenvalue weighted by Gasteiger charge is 2.17. The minimum absolute atomic E-state index is 0.0831. The number of carbonyl (C=O) groups excluding carboxylic acids is 2. The summed E-state index contributed by atoms with van der Waals surface area (Å²) in [5, 5.41) is 12.3. The summed E-state index contributed by atoms with van der Waals surface area (Å²) in [5.41, 5.74) is -0.124. The third kappa shape index (κ3) is 1.97. The van der Waals surface area contributed by atoms with Gasteiger partial charge in [-0.15, -0.1) is 0 Å². The Balaban J connectivity index is 2.53. The Morgan fingerprint density at radius 1 is 0.857 bits per heavy atom. The fourth-order valence-electron chi connectivity index (χ4n) is 2.56.